The summed E-state index contributed by atoms with van der Waals surface area (Å²) in [6.45, 7) is 5.42. The maximum atomic E-state index is 14.5. The van der Waals surface area contributed by atoms with Crippen molar-refractivity contribution in [2.24, 2.45) is 0 Å². The summed E-state index contributed by atoms with van der Waals surface area (Å²) >= 11 is 0. The van der Waals surface area contributed by atoms with E-state index in [-0.39, 0.29) is 11.6 Å². The SMILES string of the molecule is CN1CCN(c2ccc(Nc3nc(NC4CCOCC4)c4c(C(=O)c5ccccc5F)c[nH]c4n3)cc2)CC1. The highest BCUT2D eigenvalue weighted by Gasteiger charge is 2.24. The Morgan fingerprint density at radius 3 is 2.49 bits per heavy atom. The third-order valence-corrected chi connectivity index (χ3v) is 7.45. The first kappa shape index (κ1) is 25.3. The van der Waals surface area contributed by atoms with Gasteiger partial charge in [-0.3, -0.25) is 4.79 Å². The number of aromatic nitrogens is 3. The minimum absolute atomic E-state index is 0.0121. The van der Waals surface area contributed by atoms with Crippen LogP contribution in [0.1, 0.15) is 28.8 Å². The van der Waals surface area contributed by atoms with Crippen LogP contribution in [-0.2, 0) is 4.74 Å². The molecule has 2 fully saturated rings. The average Bonchev–Trinajstić information content (AvgIpc) is 3.39. The normalized spacial score (nSPS) is 16.9. The second-order valence-electron chi connectivity index (χ2n) is 10.1. The number of hydrogen-bond acceptors (Lipinski definition) is 8. The van der Waals surface area contributed by atoms with Crippen molar-refractivity contribution in [2.45, 2.75) is 18.9 Å². The van der Waals surface area contributed by atoms with Crippen LogP contribution in [0.2, 0.25) is 0 Å². The van der Waals surface area contributed by atoms with Gasteiger partial charge in [0.05, 0.1) is 16.5 Å². The number of aromatic amines is 1. The topological polar surface area (TPSA) is 98.4 Å². The molecule has 6 rings (SSSR count). The van der Waals surface area contributed by atoms with Gasteiger partial charge in [-0.25, -0.2) is 4.39 Å². The minimum atomic E-state index is -0.560. The van der Waals surface area contributed by atoms with E-state index in [9.17, 15) is 9.18 Å². The second-order valence-corrected chi connectivity index (χ2v) is 10.1. The lowest BCUT2D eigenvalue weighted by atomic mass is 10.0. The minimum Gasteiger partial charge on any atom is -0.381 e. The van der Waals surface area contributed by atoms with Crippen LogP contribution >= 0.6 is 0 Å². The number of rotatable bonds is 7. The standard InChI is InChI=1S/C29H32FN7O2/c1-36-12-14-37(15-13-36)21-8-6-19(7-9-21)33-29-34-27-25(28(35-29)32-20-10-16-39-17-11-20)23(18-31-27)26(38)22-4-2-3-5-24(22)30/h2-9,18,20H,10-17H2,1H3,(H3,31,32,33,34,35). The molecule has 0 bridgehead atoms. The van der Waals surface area contributed by atoms with Gasteiger partial charge in [-0.2, -0.15) is 9.97 Å². The molecule has 202 valence electrons. The molecular formula is C29H32FN7O2. The molecule has 4 aromatic rings. The van der Waals surface area contributed by atoms with Gasteiger partial charge in [-0.15, -0.1) is 0 Å². The first-order valence-corrected chi connectivity index (χ1v) is 13.4. The van der Waals surface area contributed by atoms with E-state index in [1.165, 1.54) is 17.8 Å². The number of halogens is 1. The summed E-state index contributed by atoms with van der Waals surface area (Å²) in [7, 11) is 2.15. The smallest absolute Gasteiger partial charge is 0.231 e. The monoisotopic (exact) mass is 529 g/mol. The Kier molecular flexibility index (Phi) is 7.12. The van der Waals surface area contributed by atoms with Crippen molar-refractivity contribution in [1.29, 1.82) is 0 Å². The number of ether oxygens (including phenoxy) is 1. The molecule has 4 heterocycles. The molecule has 0 amide bonds. The van der Waals surface area contributed by atoms with Crippen molar-refractivity contribution in [2.75, 3.05) is 62.0 Å². The molecule has 3 N–H and O–H groups in total. The van der Waals surface area contributed by atoms with E-state index < -0.39 is 11.6 Å². The summed E-state index contributed by atoms with van der Waals surface area (Å²) in [5.74, 6) is -0.0475. The van der Waals surface area contributed by atoms with Gasteiger partial charge in [0, 0.05) is 63.0 Å². The number of nitrogens with one attached hydrogen (secondary N) is 3. The predicted molar refractivity (Wildman–Crippen MR) is 151 cm³/mol. The van der Waals surface area contributed by atoms with Crippen molar-refractivity contribution in [1.82, 2.24) is 19.9 Å². The largest absolute Gasteiger partial charge is 0.381 e. The Morgan fingerprint density at radius 1 is 1.00 bits per heavy atom. The molecule has 0 radical (unpaired) electrons. The number of anilines is 4. The Balaban J connectivity index is 1.31. The van der Waals surface area contributed by atoms with Crippen molar-refractivity contribution < 1.29 is 13.9 Å². The Bertz CT molecular complexity index is 1460. The number of nitrogens with zero attached hydrogens (tertiary/aromatic N) is 4. The zero-order chi connectivity index (χ0) is 26.8. The Hall–Kier alpha value is -4.02. The fourth-order valence-corrected chi connectivity index (χ4v) is 5.15. The summed E-state index contributed by atoms with van der Waals surface area (Å²) in [5.41, 5.74) is 2.88. The zero-order valence-electron chi connectivity index (χ0n) is 21.9. The van der Waals surface area contributed by atoms with Gasteiger partial charge in [0.25, 0.3) is 0 Å². The fraction of sp³-hybridized carbons (Fsp3) is 0.345. The molecule has 2 aromatic carbocycles. The number of benzene rings is 2. The number of carbonyl (C=O) groups excluding carboxylic acids is 1. The van der Waals surface area contributed by atoms with E-state index >= 15 is 0 Å². The van der Waals surface area contributed by atoms with E-state index in [2.05, 4.69) is 49.6 Å². The summed E-state index contributed by atoms with van der Waals surface area (Å²) in [6.07, 6.45) is 3.23. The van der Waals surface area contributed by atoms with Crippen LogP contribution in [0.5, 0.6) is 0 Å². The molecule has 2 aliphatic rings. The lowest BCUT2D eigenvalue weighted by Crippen LogP contribution is -2.44. The van der Waals surface area contributed by atoms with E-state index in [0.717, 1.165) is 44.7 Å². The number of hydrogen-bond donors (Lipinski definition) is 3. The quantitative estimate of drug-likeness (QED) is 0.303. The number of fused-ring (bicyclic) bond motifs is 1. The van der Waals surface area contributed by atoms with E-state index in [0.29, 0.717) is 41.6 Å². The van der Waals surface area contributed by atoms with Crippen LogP contribution in [0, 0.1) is 5.82 Å². The predicted octanol–water partition coefficient (Wildman–Crippen LogP) is 4.41. The molecule has 0 saturated carbocycles. The Labute approximate surface area is 226 Å². The van der Waals surface area contributed by atoms with Gasteiger partial charge >= 0.3 is 0 Å². The highest BCUT2D eigenvalue weighted by Crippen LogP contribution is 2.31. The number of H-pyrrole nitrogens is 1. The van der Waals surface area contributed by atoms with Gasteiger partial charge in [0.2, 0.25) is 5.95 Å². The highest BCUT2D eigenvalue weighted by atomic mass is 19.1. The molecule has 0 aliphatic carbocycles. The van der Waals surface area contributed by atoms with Crippen LogP contribution in [0.4, 0.5) is 27.5 Å². The molecule has 2 aromatic heterocycles. The highest BCUT2D eigenvalue weighted by molar-refractivity contribution is 6.18. The van der Waals surface area contributed by atoms with E-state index in [1.807, 2.05) is 12.1 Å². The molecular weight excluding hydrogens is 497 g/mol. The Morgan fingerprint density at radius 2 is 1.74 bits per heavy atom. The van der Waals surface area contributed by atoms with Crippen LogP contribution in [0.15, 0.2) is 54.7 Å². The average molecular weight is 530 g/mol. The van der Waals surface area contributed by atoms with Crippen molar-refractivity contribution in [3.63, 3.8) is 0 Å². The maximum absolute atomic E-state index is 14.5. The maximum Gasteiger partial charge on any atom is 0.231 e. The summed E-state index contributed by atoms with van der Waals surface area (Å²) in [6, 6.07) is 14.4. The third-order valence-electron chi connectivity index (χ3n) is 7.45. The van der Waals surface area contributed by atoms with Gasteiger partial charge in [-0.1, -0.05) is 12.1 Å². The number of ketones is 1. The molecule has 0 atom stereocenters. The molecule has 0 spiro atoms. The van der Waals surface area contributed by atoms with Crippen LogP contribution in [0.3, 0.4) is 0 Å². The van der Waals surface area contributed by atoms with E-state index in [4.69, 9.17) is 9.72 Å². The summed E-state index contributed by atoms with van der Waals surface area (Å²) in [4.78, 5) is 30.6. The molecule has 2 saturated heterocycles. The molecule has 2 aliphatic heterocycles. The lowest BCUT2D eigenvalue weighted by molar-refractivity contribution is 0.0904. The molecule has 10 heteroatoms. The first-order chi connectivity index (χ1) is 19.0. The van der Waals surface area contributed by atoms with Crippen LogP contribution in [0.25, 0.3) is 11.0 Å². The van der Waals surface area contributed by atoms with Gasteiger partial charge in [0.15, 0.2) is 5.78 Å². The zero-order valence-corrected chi connectivity index (χ0v) is 21.9. The number of piperazine rings is 1. The number of likely N-dealkylation sites (N-methyl/N-ethyl adjacent to an activating group) is 1. The van der Waals surface area contributed by atoms with E-state index in [1.54, 1.807) is 18.3 Å². The van der Waals surface area contributed by atoms with Crippen molar-refractivity contribution >= 4 is 40.0 Å². The van der Waals surface area contributed by atoms with Crippen molar-refractivity contribution in [3.8, 4) is 0 Å². The first-order valence-electron chi connectivity index (χ1n) is 13.4. The summed E-state index contributed by atoms with van der Waals surface area (Å²) < 4.78 is 20.0. The fourth-order valence-electron chi connectivity index (χ4n) is 5.15. The number of carbonyl (C=O) groups is 1. The van der Waals surface area contributed by atoms with Gasteiger partial charge < -0.3 is 30.2 Å². The molecule has 0 unspecified atom stereocenters. The molecule has 39 heavy (non-hydrogen) atoms. The second kappa shape index (κ2) is 11.0. The van der Waals surface area contributed by atoms with Crippen molar-refractivity contribution in [3.05, 3.63) is 71.7 Å². The van der Waals surface area contributed by atoms with Gasteiger partial charge in [0.1, 0.15) is 17.3 Å². The third kappa shape index (κ3) is 5.43. The van der Waals surface area contributed by atoms with Crippen LogP contribution < -0.4 is 15.5 Å². The lowest BCUT2D eigenvalue weighted by Gasteiger charge is -2.34. The van der Waals surface area contributed by atoms with Crippen LogP contribution in [-0.4, -0.2) is 78.1 Å². The summed E-state index contributed by atoms with van der Waals surface area (Å²) in [5, 5.41) is 7.36. The van der Waals surface area contributed by atoms with Gasteiger partial charge in [-0.05, 0) is 56.3 Å². The molecule has 9 nitrogen and oxygen atoms in total.